The number of nitrogens with zero attached hydrogens (tertiary/aromatic N) is 2. The lowest BCUT2D eigenvalue weighted by molar-refractivity contribution is -0.00770. The summed E-state index contributed by atoms with van der Waals surface area (Å²) >= 11 is 0. The maximum atomic E-state index is 13.1. The van der Waals surface area contributed by atoms with Crippen LogP contribution >= 0.6 is 0 Å². The summed E-state index contributed by atoms with van der Waals surface area (Å²) in [5.41, 5.74) is 3.00. The quantitative estimate of drug-likeness (QED) is 0.819. The molecule has 1 aromatic carbocycles. The van der Waals surface area contributed by atoms with Crippen LogP contribution < -0.4 is 5.32 Å². The summed E-state index contributed by atoms with van der Waals surface area (Å²) in [5.74, 6) is 2.98. The first-order valence-electron chi connectivity index (χ1n) is 11.0. The van der Waals surface area contributed by atoms with Crippen LogP contribution in [0.5, 0.6) is 0 Å². The highest BCUT2D eigenvalue weighted by atomic mass is 16.1. The summed E-state index contributed by atoms with van der Waals surface area (Å²) in [6.45, 7) is 4.97. The van der Waals surface area contributed by atoms with E-state index in [1.54, 1.807) is 0 Å². The molecule has 4 bridgehead atoms. The third-order valence-electron chi connectivity index (χ3n) is 7.19. The second-order valence-corrected chi connectivity index (χ2v) is 9.97. The van der Waals surface area contributed by atoms with E-state index in [2.05, 4.69) is 31.3 Å². The maximum Gasteiger partial charge on any atom is 0.254 e. The van der Waals surface area contributed by atoms with E-state index in [4.69, 9.17) is 5.10 Å². The lowest BCUT2D eigenvalue weighted by atomic mass is 9.48. The van der Waals surface area contributed by atoms with Gasteiger partial charge in [0.15, 0.2) is 0 Å². The van der Waals surface area contributed by atoms with Crippen LogP contribution in [0.15, 0.2) is 36.5 Å². The monoisotopic (exact) mass is 377 g/mol. The second-order valence-electron chi connectivity index (χ2n) is 9.97. The van der Waals surface area contributed by atoms with Crippen molar-refractivity contribution in [3.05, 3.63) is 47.8 Å². The van der Waals surface area contributed by atoms with Gasteiger partial charge in [-0.15, -0.1) is 0 Å². The van der Waals surface area contributed by atoms with Gasteiger partial charge in [0.1, 0.15) is 0 Å². The summed E-state index contributed by atoms with van der Waals surface area (Å²) in [6.07, 6.45) is 9.81. The second kappa shape index (κ2) is 6.75. The normalized spacial score (nSPS) is 30.8. The molecule has 0 aliphatic heterocycles. The number of amides is 1. The standard InChI is InChI=1S/C24H31N3O/c1-16(2)14-25-23(28)21-15-27(20-6-4-3-5-7-20)26-22(21)24-11-17-8-18(12-24)10-19(9-17)13-24/h3-7,15-19H,8-14H2,1-2H3,(H,25,28). The molecule has 2 aromatic rings. The molecule has 0 saturated heterocycles. The minimum Gasteiger partial charge on any atom is -0.352 e. The van der Waals surface area contributed by atoms with Crippen LogP contribution in [0.2, 0.25) is 0 Å². The van der Waals surface area contributed by atoms with E-state index in [1.165, 1.54) is 38.5 Å². The highest BCUT2D eigenvalue weighted by molar-refractivity contribution is 5.95. The smallest absolute Gasteiger partial charge is 0.254 e. The van der Waals surface area contributed by atoms with Gasteiger partial charge in [-0.05, 0) is 74.3 Å². The molecule has 0 spiro atoms. The molecule has 4 nitrogen and oxygen atoms in total. The van der Waals surface area contributed by atoms with Crippen molar-refractivity contribution in [2.24, 2.45) is 23.7 Å². The van der Waals surface area contributed by atoms with Crippen molar-refractivity contribution in [3.8, 4) is 5.69 Å². The van der Waals surface area contributed by atoms with Gasteiger partial charge >= 0.3 is 0 Å². The zero-order chi connectivity index (χ0) is 19.3. The molecule has 148 valence electrons. The number of para-hydroxylation sites is 1. The number of hydrogen-bond donors (Lipinski definition) is 1. The van der Waals surface area contributed by atoms with Crippen molar-refractivity contribution in [1.82, 2.24) is 15.1 Å². The average molecular weight is 378 g/mol. The minimum atomic E-state index is 0.0432. The Hall–Kier alpha value is -2.10. The molecule has 4 saturated carbocycles. The summed E-state index contributed by atoms with van der Waals surface area (Å²) in [5, 5.41) is 8.22. The maximum absolute atomic E-state index is 13.1. The lowest BCUT2D eigenvalue weighted by Crippen LogP contribution is -2.49. The molecule has 1 heterocycles. The Balaban J connectivity index is 1.56. The molecule has 1 N–H and O–H groups in total. The Kier molecular flexibility index (Phi) is 4.33. The third kappa shape index (κ3) is 3.07. The molecule has 0 unspecified atom stereocenters. The van der Waals surface area contributed by atoms with Crippen molar-refractivity contribution >= 4 is 5.91 Å². The van der Waals surface area contributed by atoms with Crippen molar-refractivity contribution in [3.63, 3.8) is 0 Å². The molecule has 4 heteroatoms. The summed E-state index contributed by atoms with van der Waals surface area (Å²) in [4.78, 5) is 13.1. The molecule has 4 aliphatic rings. The molecular weight excluding hydrogens is 346 g/mol. The number of benzene rings is 1. The van der Waals surface area contributed by atoms with Crippen LogP contribution in [-0.2, 0) is 5.41 Å². The Morgan fingerprint density at radius 3 is 2.29 bits per heavy atom. The number of carbonyl (C=O) groups is 1. The lowest BCUT2D eigenvalue weighted by Gasteiger charge is -2.56. The molecule has 28 heavy (non-hydrogen) atoms. The molecule has 0 atom stereocenters. The van der Waals surface area contributed by atoms with Gasteiger partial charge in [0.25, 0.3) is 5.91 Å². The van der Waals surface area contributed by atoms with E-state index in [9.17, 15) is 4.79 Å². The Morgan fingerprint density at radius 2 is 1.71 bits per heavy atom. The van der Waals surface area contributed by atoms with Gasteiger partial charge in [0, 0.05) is 18.2 Å². The topological polar surface area (TPSA) is 46.9 Å². The first-order valence-corrected chi connectivity index (χ1v) is 11.0. The van der Waals surface area contributed by atoms with Gasteiger partial charge in [-0.3, -0.25) is 4.79 Å². The summed E-state index contributed by atoms with van der Waals surface area (Å²) in [6, 6.07) is 10.2. The van der Waals surface area contributed by atoms with Crippen molar-refractivity contribution in [1.29, 1.82) is 0 Å². The Morgan fingerprint density at radius 1 is 1.11 bits per heavy atom. The van der Waals surface area contributed by atoms with Crippen LogP contribution in [0.1, 0.15) is 68.4 Å². The van der Waals surface area contributed by atoms with Crippen LogP contribution in [0, 0.1) is 23.7 Å². The van der Waals surface area contributed by atoms with Crippen molar-refractivity contribution < 1.29 is 4.79 Å². The number of nitrogens with one attached hydrogen (secondary N) is 1. The van der Waals surface area contributed by atoms with Crippen molar-refractivity contribution in [2.75, 3.05) is 6.54 Å². The summed E-state index contributed by atoms with van der Waals surface area (Å²) < 4.78 is 1.93. The van der Waals surface area contributed by atoms with Crippen molar-refractivity contribution in [2.45, 2.75) is 57.8 Å². The van der Waals surface area contributed by atoms with E-state index in [0.717, 1.165) is 34.7 Å². The van der Waals surface area contributed by atoms with Crippen LogP contribution in [0.25, 0.3) is 5.69 Å². The minimum absolute atomic E-state index is 0.0432. The number of aromatic nitrogens is 2. The van der Waals surface area contributed by atoms with Gasteiger partial charge < -0.3 is 5.32 Å². The van der Waals surface area contributed by atoms with E-state index in [0.29, 0.717) is 12.5 Å². The molecule has 1 aromatic heterocycles. The van der Waals surface area contributed by atoms with Crippen LogP contribution in [-0.4, -0.2) is 22.2 Å². The van der Waals surface area contributed by atoms with Crippen LogP contribution in [0.4, 0.5) is 0 Å². The van der Waals surface area contributed by atoms with Crippen LogP contribution in [0.3, 0.4) is 0 Å². The predicted octanol–water partition coefficient (Wildman–Crippen LogP) is 4.73. The predicted molar refractivity (Wildman–Crippen MR) is 111 cm³/mol. The molecule has 6 rings (SSSR count). The fourth-order valence-corrected chi connectivity index (χ4v) is 6.44. The zero-order valence-corrected chi connectivity index (χ0v) is 17.0. The number of carbonyl (C=O) groups excluding carboxylic acids is 1. The van der Waals surface area contributed by atoms with Gasteiger partial charge in [0.05, 0.1) is 16.9 Å². The fourth-order valence-electron chi connectivity index (χ4n) is 6.44. The highest BCUT2D eigenvalue weighted by Gasteiger charge is 2.53. The average Bonchev–Trinajstić information content (AvgIpc) is 3.12. The zero-order valence-electron chi connectivity index (χ0n) is 17.0. The first-order chi connectivity index (χ1) is 13.5. The molecule has 4 fully saturated rings. The van der Waals surface area contributed by atoms with Gasteiger partial charge in [-0.2, -0.15) is 5.10 Å². The van der Waals surface area contributed by atoms with Gasteiger partial charge in [-0.25, -0.2) is 4.68 Å². The third-order valence-corrected chi connectivity index (χ3v) is 7.19. The largest absolute Gasteiger partial charge is 0.352 e. The fraction of sp³-hybridized carbons (Fsp3) is 0.583. The molecule has 0 radical (unpaired) electrons. The van der Waals surface area contributed by atoms with Gasteiger partial charge in [0.2, 0.25) is 0 Å². The molecule has 1 amide bonds. The molecular formula is C24H31N3O. The Labute approximate surface area is 167 Å². The number of hydrogen-bond acceptors (Lipinski definition) is 2. The van der Waals surface area contributed by atoms with E-state index >= 15 is 0 Å². The highest BCUT2D eigenvalue weighted by Crippen LogP contribution is 2.60. The SMILES string of the molecule is CC(C)CNC(=O)c1cn(-c2ccccc2)nc1C12CC3CC(CC(C3)C1)C2. The van der Waals surface area contributed by atoms with E-state index in [-0.39, 0.29) is 11.3 Å². The Bertz CT molecular complexity index is 832. The number of rotatable bonds is 5. The van der Waals surface area contributed by atoms with E-state index in [1.807, 2.05) is 29.1 Å². The van der Waals surface area contributed by atoms with Gasteiger partial charge in [-0.1, -0.05) is 32.0 Å². The molecule has 4 aliphatic carbocycles. The van der Waals surface area contributed by atoms with E-state index < -0.39 is 0 Å². The summed E-state index contributed by atoms with van der Waals surface area (Å²) in [7, 11) is 0. The first kappa shape index (κ1) is 18.0.